The van der Waals surface area contributed by atoms with Gasteiger partial charge in [-0.05, 0) is 23.6 Å². The predicted octanol–water partition coefficient (Wildman–Crippen LogP) is 3.28. The monoisotopic (exact) mass is 165 g/mol. The van der Waals surface area contributed by atoms with E-state index in [2.05, 4.69) is 29.0 Å². The van der Waals surface area contributed by atoms with E-state index < -0.39 is 0 Å². The van der Waals surface area contributed by atoms with Crippen LogP contribution in [0.5, 0.6) is 0 Å². The molecular weight excluding hydrogens is 160 g/mol. The quantitative estimate of drug-likeness (QED) is 0.608. The molecule has 0 aromatic carbocycles. The second-order valence-electron chi connectivity index (χ2n) is 1.89. The molecular formula is C8H5S2. The van der Waals surface area contributed by atoms with Crippen molar-refractivity contribution in [2.45, 2.75) is 0 Å². The van der Waals surface area contributed by atoms with Crippen LogP contribution in [0, 0.1) is 5.38 Å². The van der Waals surface area contributed by atoms with Gasteiger partial charge in [0.2, 0.25) is 0 Å². The molecule has 0 aliphatic carbocycles. The third-order valence-corrected chi connectivity index (χ3v) is 3.10. The number of rotatable bonds is 1. The van der Waals surface area contributed by atoms with E-state index in [1.54, 1.807) is 22.7 Å². The van der Waals surface area contributed by atoms with Gasteiger partial charge in [0.05, 0.1) is 0 Å². The zero-order valence-electron chi connectivity index (χ0n) is 5.20. The van der Waals surface area contributed by atoms with Crippen LogP contribution in [-0.4, -0.2) is 0 Å². The third kappa shape index (κ3) is 1.00. The first kappa shape index (κ1) is 6.13. The third-order valence-electron chi connectivity index (χ3n) is 1.24. The van der Waals surface area contributed by atoms with Crippen molar-refractivity contribution >= 4 is 22.7 Å². The van der Waals surface area contributed by atoms with Crippen LogP contribution < -0.4 is 0 Å². The van der Waals surface area contributed by atoms with Crippen molar-refractivity contribution in [1.82, 2.24) is 0 Å². The normalized spacial score (nSPS) is 10.0. The van der Waals surface area contributed by atoms with Gasteiger partial charge >= 0.3 is 0 Å². The summed E-state index contributed by atoms with van der Waals surface area (Å²) in [7, 11) is 0. The lowest BCUT2D eigenvalue weighted by Crippen LogP contribution is -1.55. The smallest absolute Gasteiger partial charge is 0.0449 e. The Labute approximate surface area is 67.8 Å². The van der Waals surface area contributed by atoms with E-state index in [0.717, 1.165) is 0 Å². The molecule has 2 heteroatoms. The summed E-state index contributed by atoms with van der Waals surface area (Å²) in [6.45, 7) is 0. The Balaban J connectivity index is 2.48. The number of hydrogen-bond acceptors (Lipinski definition) is 2. The minimum atomic E-state index is 1.31. The van der Waals surface area contributed by atoms with E-state index in [-0.39, 0.29) is 0 Å². The van der Waals surface area contributed by atoms with E-state index in [1.807, 2.05) is 6.07 Å². The molecule has 2 heterocycles. The highest BCUT2D eigenvalue weighted by molar-refractivity contribution is 7.20. The molecule has 0 aliphatic rings. The largest absolute Gasteiger partial charge is 0.143 e. The molecule has 0 bridgehead atoms. The van der Waals surface area contributed by atoms with Gasteiger partial charge in [-0.15, -0.1) is 22.7 Å². The highest BCUT2D eigenvalue weighted by atomic mass is 32.1. The lowest BCUT2D eigenvalue weighted by Gasteiger charge is -1.84. The van der Waals surface area contributed by atoms with Gasteiger partial charge < -0.3 is 0 Å². The molecule has 49 valence electrons. The second-order valence-corrected chi connectivity index (χ2v) is 3.72. The molecule has 0 fully saturated rings. The van der Waals surface area contributed by atoms with E-state index in [9.17, 15) is 0 Å². The van der Waals surface area contributed by atoms with Crippen molar-refractivity contribution in [2.24, 2.45) is 0 Å². The van der Waals surface area contributed by atoms with Gasteiger partial charge in [0.25, 0.3) is 0 Å². The lowest BCUT2D eigenvalue weighted by molar-refractivity contribution is 1.93. The van der Waals surface area contributed by atoms with Gasteiger partial charge in [-0.2, -0.15) is 0 Å². The Morgan fingerprint density at radius 2 is 2.20 bits per heavy atom. The van der Waals surface area contributed by atoms with Gasteiger partial charge in [-0.25, -0.2) is 0 Å². The predicted molar refractivity (Wildman–Crippen MR) is 46.5 cm³/mol. The van der Waals surface area contributed by atoms with Crippen LogP contribution in [0.25, 0.3) is 9.75 Å². The van der Waals surface area contributed by atoms with Crippen LogP contribution in [0.2, 0.25) is 0 Å². The molecule has 2 aromatic heterocycles. The first-order valence-corrected chi connectivity index (χ1v) is 4.66. The van der Waals surface area contributed by atoms with Gasteiger partial charge in [0.15, 0.2) is 0 Å². The molecule has 0 N–H and O–H groups in total. The Morgan fingerprint density at radius 1 is 1.20 bits per heavy atom. The molecule has 0 atom stereocenters. The van der Waals surface area contributed by atoms with Crippen LogP contribution in [0.15, 0.2) is 29.6 Å². The SMILES string of the molecule is [c]1ccc(-c2cccs2)s1. The fourth-order valence-corrected chi connectivity index (χ4v) is 2.27. The van der Waals surface area contributed by atoms with Gasteiger partial charge in [0, 0.05) is 15.1 Å². The average molecular weight is 165 g/mol. The van der Waals surface area contributed by atoms with E-state index >= 15 is 0 Å². The molecule has 2 rings (SSSR count). The van der Waals surface area contributed by atoms with Crippen molar-refractivity contribution in [3.05, 3.63) is 35.0 Å². The van der Waals surface area contributed by atoms with Crippen LogP contribution in [0.4, 0.5) is 0 Å². The molecule has 0 unspecified atom stereocenters. The second kappa shape index (κ2) is 2.56. The van der Waals surface area contributed by atoms with Crippen LogP contribution in [0.1, 0.15) is 0 Å². The highest BCUT2D eigenvalue weighted by Gasteiger charge is 1.96. The molecule has 0 nitrogen and oxygen atoms in total. The summed E-state index contributed by atoms with van der Waals surface area (Å²) in [5, 5.41) is 5.16. The minimum Gasteiger partial charge on any atom is -0.143 e. The molecule has 0 amide bonds. The van der Waals surface area contributed by atoms with Crippen molar-refractivity contribution in [1.29, 1.82) is 0 Å². The van der Waals surface area contributed by atoms with Crippen molar-refractivity contribution in [2.75, 3.05) is 0 Å². The molecule has 0 aliphatic heterocycles. The van der Waals surface area contributed by atoms with Gasteiger partial charge in [0.1, 0.15) is 0 Å². The topological polar surface area (TPSA) is 0 Å². The maximum absolute atomic E-state index is 3.07. The van der Waals surface area contributed by atoms with E-state index in [4.69, 9.17) is 0 Å². The molecule has 0 saturated carbocycles. The molecule has 10 heavy (non-hydrogen) atoms. The first-order chi connectivity index (χ1) is 4.97. The standard InChI is InChI=1S/C8H5S2/c1-3-7(9-5-1)8-4-2-6-10-8/h1-5H. The fraction of sp³-hybridized carbons (Fsp3) is 0. The Hall–Kier alpha value is -0.600. The van der Waals surface area contributed by atoms with Crippen LogP contribution in [-0.2, 0) is 0 Å². The summed E-state index contributed by atoms with van der Waals surface area (Å²) < 4.78 is 0. The highest BCUT2D eigenvalue weighted by Crippen LogP contribution is 2.27. The number of thiophene rings is 2. The van der Waals surface area contributed by atoms with E-state index in [1.165, 1.54) is 9.75 Å². The summed E-state index contributed by atoms with van der Waals surface area (Å²) >= 11 is 3.44. The van der Waals surface area contributed by atoms with Crippen molar-refractivity contribution < 1.29 is 0 Å². The van der Waals surface area contributed by atoms with Crippen LogP contribution in [0.3, 0.4) is 0 Å². The zero-order chi connectivity index (χ0) is 6.81. The maximum atomic E-state index is 3.07. The van der Waals surface area contributed by atoms with E-state index in [0.29, 0.717) is 0 Å². The summed E-state index contributed by atoms with van der Waals surface area (Å²) in [6, 6.07) is 8.25. The minimum absolute atomic E-state index is 1.31. The summed E-state index contributed by atoms with van der Waals surface area (Å²) in [4.78, 5) is 2.65. The Kier molecular flexibility index (Phi) is 1.57. The van der Waals surface area contributed by atoms with Crippen molar-refractivity contribution in [3.63, 3.8) is 0 Å². The molecule has 0 spiro atoms. The Morgan fingerprint density at radius 3 is 2.80 bits per heavy atom. The summed E-state index contributed by atoms with van der Waals surface area (Å²) in [5.41, 5.74) is 0. The summed E-state index contributed by atoms with van der Waals surface area (Å²) in [6.07, 6.45) is 0. The van der Waals surface area contributed by atoms with Crippen LogP contribution >= 0.6 is 22.7 Å². The molecule has 1 radical (unpaired) electrons. The molecule has 0 saturated heterocycles. The first-order valence-electron chi connectivity index (χ1n) is 2.96. The lowest BCUT2D eigenvalue weighted by atomic mass is 10.4. The average Bonchev–Trinajstić information content (AvgIpc) is 2.59. The van der Waals surface area contributed by atoms with Gasteiger partial charge in [-0.3, -0.25) is 0 Å². The Bertz CT molecular complexity index is 247. The van der Waals surface area contributed by atoms with Crippen molar-refractivity contribution in [3.8, 4) is 9.75 Å². The fourth-order valence-electron chi connectivity index (χ4n) is 0.792. The number of hydrogen-bond donors (Lipinski definition) is 0. The summed E-state index contributed by atoms with van der Waals surface area (Å²) in [5.74, 6) is 0. The molecule has 2 aromatic rings. The maximum Gasteiger partial charge on any atom is 0.0449 e. The zero-order valence-corrected chi connectivity index (χ0v) is 6.84. The van der Waals surface area contributed by atoms with Gasteiger partial charge in [-0.1, -0.05) is 6.07 Å².